The molecule has 1 aromatic carbocycles. The van der Waals surface area contributed by atoms with Gasteiger partial charge in [-0.2, -0.15) is 0 Å². The summed E-state index contributed by atoms with van der Waals surface area (Å²) in [4.78, 5) is 2.66. The number of rotatable bonds is 2. The molecule has 1 spiro atoms. The lowest BCUT2D eigenvalue weighted by Gasteiger charge is -2.40. The Morgan fingerprint density at radius 2 is 1.90 bits per heavy atom. The maximum Gasteiger partial charge on any atom is 0.0308 e. The van der Waals surface area contributed by atoms with Crippen LogP contribution in [-0.4, -0.2) is 30.1 Å². The van der Waals surface area contributed by atoms with Crippen LogP contribution in [0.5, 0.6) is 0 Å². The zero-order valence-electron chi connectivity index (χ0n) is 12.2. The molecule has 0 atom stereocenters. The van der Waals surface area contributed by atoms with Gasteiger partial charge in [0.1, 0.15) is 0 Å². The first kappa shape index (κ1) is 14.6. The Morgan fingerprint density at radius 3 is 2.70 bits per heavy atom. The number of halogens is 1. The quantitative estimate of drug-likeness (QED) is 0.879. The summed E-state index contributed by atoms with van der Waals surface area (Å²) in [6.45, 7) is 4.70. The van der Waals surface area contributed by atoms with Gasteiger partial charge in [-0.1, -0.05) is 53.4 Å². The van der Waals surface area contributed by atoms with Crippen molar-refractivity contribution in [2.45, 2.75) is 50.6 Å². The van der Waals surface area contributed by atoms with Crippen molar-refractivity contribution in [1.82, 2.24) is 10.2 Å². The van der Waals surface area contributed by atoms with Gasteiger partial charge in [-0.05, 0) is 44.0 Å². The maximum atomic E-state index is 3.87. The fraction of sp³-hybridized carbons (Fsp3) is 0.647. The van der Waals surface area contributed by atoms with Gasteiger partial charge in [-0.3, -0.25) is 4.90 Å². The molecule has 2 nitrogen and oxygen atoms in total. The first-order chi connectivity index (χ1) is 9.77. The standard InChI is InChI=1S/C17H25BrN2/c18-16-8-3-2-7-15(16)13-20-12-6-11-19-17(14-20)9-4-1-5-10-17/h2-3,7-8,19H,1,4-6,9-14H2. The van der Waals surface area contributed by atoms with Gasteiger partial charge in [-0.15, -0.1) is 0 Å². The van der Waals surface area contributed by atoms with E-state index >= 15 is 0 Å². The van der Waals surface area contributed by atoms with Gasteiger partial charge >= 0.3 is 0 Å². The molecule has 0 aromatic heterocycles. The van der Waals surface area contributed by atoms with E-state index in [1.807, 2.05) is 0 Å². The topological polar surface area (TPSA) is 15.3 Å². The molecule has 1 aliphatic heterocycles. The molecule has 1 aromatic rings. The highest BCUT2D eigenvalue weighted by atomic mass is 79.9. The van der Waals surface area contributed by atoms with Crippen molar-refractivity contribution in [2.75, 3.05) is 19.6 Å². The fourth-order valence-electron chi connectivity index (χ4n) is 3.79. The Bertz CT molecular complexity index is 440. The molecule has 0 unspecified atom stereocenters. The summed E-state index contributed by atoms with van der Waals surface area (Å²) in [5, 5.41) is 3.87. The number of hydrogen-bond acceptors (Lipinski definition) is 2. The van der Waals surface area contributed by atoms with Crippen molar-refractivity contribution in [3.05, 3.63) is 34.3 Å². The summed E-state index contributed by atoms with van der Waals surface area (Å²) in [7, 11) is 0. The highest BCUT2D eigenvalue weighted by molar-refractivity contribution is 9.10. The van der Waals surface area contributed by atoms with E-state index in [1.54, 1.807) is 0 Å². The molecule has 110 valence electrons. The Labute approximate surface area is 131 Å². The average molecular weight is 337 g/mol. The number of nitrogens with zero attached hydrogens (tertiary/aromatic N) is 1. The molecule has 2 fully saturated rings. The van der Waals surface area contributed by atoms with Crippen LogP contribution in [0.4, 0.5) is 0 Å². The van der Waals surface area contributed by atoms with Crippen molar-refractivity contribution in [2.24, 2.45) is 0 Å². The van der Waals surface area contributed by atoms with E-state index < -0.39 is 0 Å². The normalized spacial score (nSPS) is 23.6. The molecule has 1 N–H and O–H groups in total. The predicted molar refractivity (Wildman–Crippen MR) is 87.9 cm³/mol. The van der Waals surface area contributed by atoms with Crippen LogP contribution in [0.15, 0.2) is 28.7 Å². The van der Waals surface area contributed by atoms with Crippen LogP contribution < -0.4 is 5.32 Å². The lowest BCUT2D eigenvalue weighted by atomic mass is 9.81. The molecule has 1 saturated carbocycles. The molecule has 1 heterocycles. The largest absolute Gasteiger partial charge is 0.310 e. The Kier molecular flexibility index (Phi) is 4.79. The first-order valence-corrected chi connectivity index (χ1v) is 8.78. The third-order valence-corrected chi connectivity index (χ3v) is 5.61. The molecule has 3 rings (SSSR count). The van der Waals surface area contributed by atoms with Gasteiger partial charge in [0, 0.05) is 23.1 Å². The second kappa shape index (κ2) is 6.59. The van der Waals surface area contributed by atoms with Crippen LogP contribution in [0.25, 0.3) is 0 Å². The lowest BCUT2D eigenvalue weighted by Crippen LogP contribution is -2.52. The van der Waals surface area contributed by atoms with E-state index in [-0.39, 0.29) is 0 Å². The molecule has 1 saturated heterocycles. The highest BCUT2D eigenvalue weighted by Crippen LogP contribution is 2.31. The molecular weight excluding hydrogens is 312 g/mol. The van der Waals surface area contributed by atoms with E-state index in [2.05, 4.69) is 50.4 Å². The Morgan fingerprint density at radius 1 is 1.10 bits per heavy atom. The summed E-state index contributed by atoms with van der Waals surface area (Å²) >= 11 is 3.69. The molecule has 0 radical (unpaired) electrons. The average Bonchev–Trinajstić information content (AvgIpc) is 2.65. The van der Waals surface area contributed by atoms with Gasteiger partial charge < -0.3 is 5.32 Å². The monoisotopic (exact) mass is 336 g/mol. The van der Waals surface area contributed by atoms with Gasteiger partial charge in [0.25, 0.3) is 0 Å². The zero-order chi connectivity index (χ0) is 13.8. The first-order valence-electron chi connectivity index (χ1n) is 7.98. The predicted octanol–water partition coefficient (Wildman–Crippen LogP) is 3.95. The molecule has 0 amide bonds. The van der Waals surface area contributed by atoms with E-state index in [0.717, 1.165) is 6.54 Å². The molecule has 2 aliphatic rings. The maximum absolute atomic E-state index is 3.87. The van der Waals surface area contributed by atoms with Crippen molar-refractivity contribution < 1.29 is 0 Å². The Balaban J connectivity index is 1.70. The molecule has 3 heteroatoms. The molecule has 1 aliphatic carbocycles. The van der Waals surface area contributed by atoms with Crippen LogP contribution in [0, 0.1) is 0 Å². The van der Waals surface area contributed by atoms with Crippen molar-refractivity contribution >= 4 is 15.9 Å². The minimum absolute atomic E-state index is 0.399. The summed E-state index contributed by atoms with van der Waals surface area (Å²) in [5.41, 5.74) is 1.82. The van der Waals surface area contributed by atoms with E-state index in [1.165, 1.54) is 68.2 Å². The second-order valence-electron chi connectivity index (χ2n) is 6.42. The Hall–Kier alpha value is -0.380. The summed E-state index contributed by atoms with van der Waals surface area (Å²) in [6.07, 6.45) is 8.21. The summed E-state index contributed by atoms with van der Waals surface area (Å²) in [6, 6.07) is 8.64. The minimum Gasteiger partial charge on any atom is -0.310 e. The van der Waals surface area contributed by atoms with E-state index in [9.17, 15) is 0 Å². The van der Waals surface area contributed by atoms with Crippen molar-refractivity contribution in [3.8, 4) is 0 Å². The van der Waals surface area contributed by atoms with Crippen LogP contribution in [0.1, 0.15) is 44.1 Å². The molecule has 0 bridgehead atoms. The zero-order valence-corrected chi connectivity index (χ0v) is 13.8. The fourth-order valence-corrected chi connectivity index (χ4v) is 4.20. The van der Waals surface area contributed by atoms with Gasteiger partial charge in [0.15, 0.2) is 0 Å². The second-order valence-corrected chi connectivity index (χ2v) is 7.28. The van der Waals surface area contributed by atoms with Crippen LogP contribution in [0.2, 0.25) is 0 Å². The van der Waals surface area contributed by atoms with Crippen molar-refractivity contribution in [1.29, 1.82) is 0 Å². The van der Waals surface area contributed by atoms with E-state index in [4.69, 9.17) is 0 Å². The van der Waals surface area contributed by atoms with E-state index in [0.29, 0.717) is 5.54 Å². The number of benzene rings is 1. The third-order valence-electron chi connectivity index (χ3n) is 4.84. The highest BCUT2D eigenvalue weighted by Gasteiger charge is 2.34. The summed E-state index contributed by atoms with van der Waals surface area (Å²) in [5.74, 6) is 0. The molecule has 20 heavy (non-hydrogen) atoms. The van der Waals surface area contributed by atoms with Crippen molar-refractivity contribution in [3.63, 3.8) is 0 Å². The summed E-state index contributed by atoms with van der Waals surface area (Å²) < 4.78 is 1.25. The third kappa shape index (κ3) is 3.44. The van der Waals surface area contributed by atoms with Crippen LogP contribution >= 0.6 is 15.9 Å². The number of nitrogens with one attached hydrogen (secondary N) is 1. The smallest absolute Gasteiger partial charge is 0.0308 e. The lowest BCUT2D eigenvalue weighted by molar-refractivity contribution is 0.159. The van der Waals surface area contributed by atoms with Crippen LogP contribution in [0.3, 0.4) is 0 Å². The van der Waals surface area contributed by atoms with Gasteiger partial charge in [0.05, 0.1) is 0 Å². The van der Waals surface area contributed by atoms with Crippen LogP contribution in [-0.2, 0) is 6.54 Å². The van der Waals surface area contributed by atoms with Gasteiger partial charge in [0.2, 0.25) is 0 Å². The minimum atomic E-state index is 0.399. The number of hydrogen-bond donors (Lipinski definition) is 1. The SMILES string of the molecule is Brc1ccccc1CN1CCCNC2(CCCCC2)C1. The molecular formula is C17H25BrN2. The van der Waals surface area contributed by atoms with Gasteiger partial charge in [-0.25, -0.2) is 0 Å².